The Kier molecular flexibility index (Phi) is 8.34. The van der Waals surface area contributed by atoms with E-state index in [4.69, 9.17) is 4.74 Å². The zero-order chi connectivity index (χ0) is 19.1. The maximum Gasteiger partial charge on any atom is 0.224 e. The number of ether oxygens (including phenoxy) is 1. The van der Waals surface area contributed by atoms with E-state index in [-0.39, 0.29) is 23.7 Å². The van der Waals surface area contributed by atoms with E-state index >= 15 is 0 Å². The summed E-state index contributed by atoms with van der Waals surface area (Å²) in [6.07, 6.45) is 2.60. The summed E-state index contributed by atoms with van der Waals surface area (Å²) in [6.45, 7) is 7.70. The van der Waals surface area contributed by atoms with Gasteiger partial charge in [-0.2, -0.15) is 0 Å². The molecular weight excluding hydrogens is 372 g/mol. The summed E-state index contributed by atoms with van der Waals surface area (Å²) >= 11 is 0. The van der Waals surface area contributed by atoms with Gasteiger partial charge in [-0.15, -0.1) is 12.4 Å². The van der Waals surface area contributed by atoms with Crippen LogP contribution in [-0.4, -0.2) is 25.5 Å². The number of carbonyl (C=O) groups is 1. The van der Waals surface area contributed by atoms with E-state index in [1.807, 2.05) is 36.4 Å². The van der Waals surface area contributed by atoms with E-state index in [2.05, 4.69) is 36.6 Å². The van der Waals surface area contributed by atoms with Crippen molar-refractivity contribution in [3.63, 3.8) is 0 Å². The average Bonchev–Trinajstić information content (AvgIpc) is 2.67. The summed E-state index contributed by atoms with van der Waals surface area (Å²) in [5.74, 6) is 0.875. The normalized spacial score (nSPS) is 15.4. The summed E-state index contributed by atoms with van der Waals surface area (Å²) in [5, 5.41) is 6.49. The van der Waals surface area contributed by atoms with Crippen LogP contribution in [0.25, 0.3) is 0 Å². The highest BCUT2D eigenvalue weighted by atomic mass is 35.5. The Morgan fingerprint density at radius 3 is 2.64 bits per heavy atom. The van der Waals surface area contributed by atoms with Gasteiger partial charge in [0.15, 0.2) is 0 Å². The minimum absolute atomic E-state index is 0. The van der Waals surface area contributed by atoms with Crippen LogP contribution in [0.1, 0.15) is 36.5 Å². The molecule has 2 aromatic carbocycles. The zero-order valence-electron chi connectivity index (χ0n) is 16.8. The summed E-state index contributed by atoms with van der Waals surface area (Å²) in [5.41, 5.74) is 3.58. The lowest BCUT2D eigenvalue weighted by atomic mass is 9.81. The maximum atomic E-state index is 12.4. The van der Waals surface area contributed by atoms with Gasteiger partial charge in [0.25, 0.3) is 0 Å². The third kappa shape index (κ3) is 6.54. The number of piperidine rings is 1. The van der Waals surface area contributed by atoms with Gasteiger partial charge in [-0.3, -0.25) is 4.79 Å². The van der Waals surface area contributed by atoms with Crippen molar-refractivity contribution < 1.29 is 9.53 Å². The Hall–Kier alpha value is -2.04. The molecule has 1 heterocycles. The highest BCUT2D eigenvalue weighted by Crippen LogP contribution is 2.26. The Balaban J connectivity index is 0.00000280. The van der Waals surface area contributed by atoms with Gasteiger partial charge in [-0.05, 0) is 67.1 Å². The van der Waals surface area contributed by atoms with Crippen molar-refractivity contribution in [3.05, 3.63) is 65.2 Å². The molecule has 28 heavy (non-hydrogen) atoms. The molecule has 1 saturated heterocycles. The Morgan fingerprint density at radius 1 is 1.14 bits per heavy atom. The van der Waals surface area contributed by atoms with Crippen molar-refractivity contribution >= 4 is 18.3 Å². The van der Waals surface area contributed by atoms with Gasteiger partial charge in [-0.1, -0.05) is 43.3 Å². The lowest BCUT2D eigenvalue weighted by Gasteiger charge is -2.34. The lowest BCUT2D eigenvalue weighted by molar-refractivity contribution is -0.121. The van der Waals surface area contributed by atoms with Crippen LogP contribution in [0.15, 0.2) is 48.5 Å². The van der Waals surface area contributed by atoms with Crippen LogP contribution >= 0.6 is 12.4 Å². The van der Waals surface area contributed by atoms with Gasteiger partial charge in [-0.25, -0.2) is 0 Å². The van der Waals surface area contributed by atoms with Crippen molar-refractivity contribution in [2.75, 3.05) is 19.6 Å². The summed E-state index contributed by atoms with van der Waals surface area (Å²) in [4.78, 5) is 12.4. The van der Waals surface area contributed by atoms with Crippen LogP contribution < -0.4 is 15.4 Å². The molecule has 0 aliphatic carbocycles. The van der Waals surface area contributed by atoms with E-state index in [9.17, 15) is 4.79 Å². The van der Waals surface area contributed by atoms with Gasteiger partial charge < -0.3 is 15.4 Å². The SMILES string of the molecule is Cc1ccccc1COc1cccc(CC(=O)NCC2(C)CCNCC2)c1.Cl. The molecule has 0 saturated carbocycles. The number of aryl methyl sites for hydroxylation is 1. The second-order valence-electron chi connectivity index (χ2n) is 7.88. The van der Waals surface area contributed by atoms with E-state index in [0.29, 0.717) is 13.0 Å². The average molecular weight is 403 g/mol. The zero-order valence-corrected chi connectivity index (χ0v) is 17.6. The predicted octanol–water partition coefficient (Wildman–Crippen LogP) is 4.04. The molecule has 2 N–H and O–H groups in total. The van der Waals surface area contributed by atoms with Crippen LogP contribution in [0.5, 0.6) is 5.75 Å². The topological polar surface area (TPSA) is 50.4 Å². The third-order valence-corrected chi connectivity index (χ3v) is 5.44. The van der Waals surface area contributed by atoms with Crippen molar-refractivity contribution in [2.24, 2.45) is 5.41 Å². The maximum absolute atomic E-state index is 12.4. The van der Waals surface area contributed by atoms with Gasteiger partial charge in [0.05, 0.1) is 6.42 Å². The minimum atomic E-state index is 0. The largest absolute Gasteiger partial charge is 0.489 e. The van der Waals surface area contributed by atoms with Gasteiger partial charge in [0.2, 0.25) is 5.91 Å². The van der Waals surface area contributed by atoms with Gasteiger partial charge >= 0.3 is 0 Å². The Morgan fingerprint density at radius 2 is 1.89 bits per heavy atom. The number of nitrogens with one attached hydrogen (secondary N) is 2. The van der Waals surface area contributed by atoms with Crippen molar-refractivity contribution in [3.8, 4) is 5.75 Å². The molecule has 0 atom stereocenters. The second-order valence-corrected chi connectivity index (χ2v) is 7.88. The smallest absolute Gasteiger partial charge is 0.224 e. The number of hydrogen-bond donors (Lipinski definition) is 2. The molecule has 0 bridgehead atoms. The van der Waals surface area contributed by atoms with Crippen LogP contribution in [0.3, 0.4) is 0 Å². The molecule has 1 aliphatic rings. The van der Waals surface area contributed by atoms with Gasteiger partial charge in [0.1, 0.15) is 12.4 Å². The van der Waals surface area contributed by atoms with Crippen molar-refractivity contribution in [2.45, 2.75) is 39.7 Å². The molecule has 3 rings (SSSR count). The molecule has 0 spiro atoms. The monoisotopic (exact) mass is 402 g/mol. The fourth-order valence-electron chi connectivity index (χ4n) is 3.45. The quantitative estimate of drug-likeness (QED) is 0.734. The van der Waals surface area contributed by atoms with Crippen LogP contribution in [0.2, 0.25) is 0 Å². The fourth-order valence-corrected chi connectivity index (χ4v) is 3.45. The van der Waals surface area contributed by atoms with Crippen LogP contribution in [0.4, 0.5) is 0 Å². The molecular formula is C23H31ClN2O2. The summed E-state index contributed by atoms with van der Waals surface area (Å²) in [6, 6.07) is 16.0. The molecule has 0 aromatic heterocycles. The Labute approximate surface area is 174 Å². The summed E-state index contributed by atoms with van der Waals surface area (Å²) in [7, 11) is 0. The standard InChI is InChI=1S/C23H30N2O2.ClH/c1-18-6-3-4-8-20(18)16-27-21-9-5-7-19(14-21)15-22(26)25-17-23(2)10-12-24-13-11-23;/h3-9,14,24H,10-13,15-17H2,1-2H3,(H,25,26);1H. The number of hydrogen-bond acceptors (Lipinski definition) is 3. The van der Waals surface area contributed by atoms with E-state index in [1.54, 1.807) is 0 Å². The van der Waals surface area contributed by atoms with E-state index in [1.165, 1.54) is 11.1 Å². The molecule has 1 amide bonds. The molecule has 2 aromatic rings. The first-order valence-corrected chi connectivity index (χ1v) is 9.78. The predicted molar refractivity (Wildman–Crippen MR) is 116 cm³/mol. The third-order valence-electron chi connectivity index (χ3n) is 5.44. The molecule has 1 fully saturated rings. The second kappa shape index (κ2) is 10.5. The molecule has 1 aliphatic heterocycles. The Bertz CT molecular complexity index is 773. The van der Waals surface area contributed by atoms with E-state index < -0.39 is 0 Å². The highest BCUT2D eigenvalue weighted by Gasteiger charge is 2.26. The van der Waals surface area contributed by atoms with Crippen molar-refractivity contribution in [1.82, 2.24) is 10.6 Å². The van der Waals surface area contributed by atoms with Crippen molar-refractivity contribution in [1.29, 1.82) is 0 Å². The molecule has 0 radical (unpaired) electrons. The highest BCUT2D eigenvalue weighted by molar-refractivity contribution is 5.85. The molecule has 152 valence electrons. The number of amides is 1. The van der Waals surface area contributed by atoms with Gasteiger partial charge in [0, 0.05) is 6.54 Å². The number of carbonyl (C=O) groups excluding carboxylic acids is 1. The van der Waals surface area contributed by atoms with Crippen LogP contribution in [-0.2, 0) is 17.8 Å². The molecule has 4 nitrogen and oxygen atoms in total. The summed E-state index contributed by atoms with van der Waals surface area (Å²) < 4.78 is 5.93. The number of rotatable bonds is 7. The van der Waals surface area contributed by atoms with E-state index in [0.717, 1.165) is 43.8 Å². The lowest BCUT2D eigenvalue weighted by Crippen LogP contribution is -2.43. The van der Waals surface area contributed by atoms with Crippen LogP contribution in [0, 0.1) is 12.3 Å². The first kappa shape index (κ1) is 22.3. The number of benzene rings is 2. The minimum Gasteiger partial charge on any atom is -0.489 e. The fraction of sp³-hybridized carbons (Fsp3) is 0.435. The number of halogens is 1. The first-order chi connectivity index (χ1) is 13.0. The first-order valence-electron chi connectivity index (χ1n) is 9.78. The molecule has 0 unspecified atom stereocenters. The molecule has 5 heteroatoms.